The fraction of sp³-hybridized carbons (Fsp3) is 0.400. The number of alkyl halides is 2. The van der Waals surface area contributed by atoms with Crippen LogP contribution in [0.3, 0.4) is 0 Å². The summed E-state index contributed by atoms with van der Waals surface area (Å²) in [6.07, 6.45) is -0.692. The molecule has 7 nitrogen and oxygen atoms in total. The Hall–Kier alpha value is -3.12. The third-order valence-corrected chi connectivity index (χ3v) is 5.47. The van der Waals surface area contributed by atoms with E-state index in [1.807, 2.05) is 6.07 Å². The third kappa shape index (κ3) is 3.29. The minimum absolute atomic E-state index is 0.0989. The number of carbonyl (C=O) groups is 1. The van der Waals surface area contributed by atoms with Crippen molar-refractivity contribution in [2.45, 2.75) is 37.8 Å². The van der Waals surface area contributed by atoms with Crippen LogP contribution >= 0.6 is 0 Å². The van der Waals surface area contributed by atoms with E-state index >= 15 is 0 Å². The molecule has 0 radical (unpaired) electrons. The number of hydrogen-bond donors (Lipinski definition) is 2. The first-order chi connectivity index (χ1) is 13.8. The number of halogens is 2. The topological polar surface area (TPSA) is 102 Å². The SMILES string of the molecule is C[C@H]1[C@H](O)CN1c1nc(-c2ccc(C(=O)NCC#N)cc2)c2c(n1)C(F)(F)CC2. The molecule has 0 unspecified atom stereocenters. The van der Waals surface area contributed by atoms with E-state index in [9.17, 15) is 18.7 Å². The van der Waals surface area contributed by atoms with Crippen LogP contribution in [0.1, 0.15) is 35.0 Å². The molecule has 2 N–H and O–H groups in total. The van der Waals surface area contributed by atoms with E-state index < -0.39 is 12.0 Å². The van der Waals surface area contributed by atoms with Gasteiger partial charge in [-0.1, -0.05) is 12.1 Å². The van der Waals surface area contributed by atoms with Crippen molar-refractivity contribution in [3.8, 4) is 17.3 Å². The van der Waals surface area contributed by atoms with E-state index in [2.05, 4.69) is 15.3 Å². The summed E-state index contributed by atoms with van der Waals surface area (Å²) in [6.45, 7) is 1.98. The van der Waals surface area contributed by atoms with Crippen molar-refractivity contribution in [2.24, 2.45) is 0 Å². The smallest absolute Gasteiger partial charge is 0.290 e. The maximum Gasteiger partial charge on any atom is 0.290 e. The number of aliphatic hydroxyl groups is 1. The Kier molecular flexibility index (Phi) is 4.67. The van der Waals surface area contributed by atoms with E-state index in [0.29, 0.717) is 28.9 Å². The first-order valence-corrected chi connectivity index (χ1v) is 9.31. The van der Waals surface area contributed by atoms with Crippen molar-refractivity contribution < 1.29 is 18.7 Å². The molecule has 9 heteroatoms. The Labute approximate surface area is 166 Å². The lowest BCUT2D eigenvalue weighted by Crippen LogP contribution is -2.59. The molecule has 4 rings (SSSR count). The van der Waals surface area contributed by atoms with Gasteiger partial charge in [-0.25, -0.2) is 9.97 Å². The van der Waals surface area contributed by atoms with Crippen molar-refractivity contribution in [2.75, 3.05) is 18.0 Å². The lowest BCUT2D eigenvalue weighted by atomic mass is 10.0. The molecule has 1 aliphatic heterocycles. The lowest BCUT2D eigenvalue weighted by molar-refractivity contribution is -0.00603. The minimum atomic E-state index is -3.02. The Bertz CT molecular complexity index is 1000. The second-order valence-corrected chi connectivity index (χ2v) is 7.28. The second kappa shape index (κ2) is 7.04. The summed E-state index contributed by atoms with van der Waals surface area (Å²) in [4.78, 5) is 22.3. The third-order valence-electron chi connectivity index (χ3n) is 5.47. The fourth-order valence-corrected chi connectivity index (χ4v) is 3.63. The van der Waals surface area contributed by atoms with Gasteiger partial charge in [0.05, 0.1) is 23.9 Å². The Morgan fingerprint density at radius 3 is 2.72 bits per heavy atom. The molecule has 0 spiro atoms. The first-order valence-electron chi connectivity index (χ1n) is 9.31. The molecule has 150 valence electrons. The molecule has 29 heavy (non-hydrogen) atoms. The largest absolute Gasteiger partial charge is 0.389 e. The highest BCUT2D eigenvalue weighted by molar-refractivity contribution is 5.94. The zero-order valence-corrected chi connectivity index (χ0v) is 15.7. The highest BCUT2D eigenvalue weighted by Gasteiger charge is 2.45. The predicted octanol–water partition coefficient (Wildman–Crippen LogP) is 2.00. The number of carbonyl (C=O) groups excluding carboxylic acids is 1. The van der Waals surface area contributed by atoms with Crippen LogP contribution < -0.4 is 10.2 Å². The van der Waals surface area contributed by atoms with Crippen molar-refractivity contribution in [1.82, 2.24) is 15.3 Å². The van der Waals surface area contributed by atoms with Gasteiger partial charge in [-0.05, 0) is 25.5 Å². The van der Waals surface area contributed by atoms with E-state index in [1.165, 1.54) is 0 Å². The summed E-state index contributed by atoms with van der Waals surface area (Å²) < 4.78 is 28.8. The lowest BCUT2D eigenvalue weighted by Gasteiger charge is -2.43. The van der Waals surface area contributed by atoms with Gasteiger partial charge in [0.2, 0.25) is 5.95 Å². The van der Waals surface area contributed by atoms with Crippen molar-refractivity contribution in [3.05, 3.63) is 41.1 Å². The Morgan fingerprint density at radius 1 is 1.38 bits per heavy atom. The van der Waals surface area contributed by atoms with Crippen LogP contribution in [0.25, 0.3) is 11.3 Å². The molecular formula is C20H19F2N5O2. The summed E-state index contributed by atoms with van der Waals surface area (Å²) in [6, 6.07) is 8.03. The first kappa shape index (κ1) is 19.2. The molecule has 1 amide bonds. The summed E-state index contributed by atoms with van der Waals surface area (Å²) in [5.74, 6) is -3.23. The second-order valence-electron chi connectivity index (χ2n) is 7.28. The number of anilines is 1. The molecule has 2 heterocycles. The van der Waals surface area contributed by atoms with Gasteiger partial charge in [-0.3, -0.25) is 4.79 Å². The number of benzene rings is 1. The average Bonchev–Trinajstić information content (AvgIpc) is 3.04. The molecule has 2 aromatic rings. The number of hydrogen-bond acceptors (Lipinski definition) is 6. The van der Waals surface area contributed by atoms with Gasteiger partial charge in [-0.2, -0.15) is 14.0 Å². The van der Waals surface area contributed by atoms with Crippen LogP contribution in [0, 0.1) is 11.3 Å². The summed E-state index contributed by atoms with van der Waals surface area (Å²) in [7, 11) is 0. The molecule has 1 aromatic heterocycles. The zero-order valence-electron chi connectivity index (χ0n) is 15.7. The molecule has 1 aliphatic carbocycles. The van der Waals surface area contributed by atoms with Gasteiger partial charge in [0.1, 0.15) is 12.2 Å². The normalized spacial score (nSPS) is 21.8. The number of aliphatic hydroxyl groups excluding tert-OH is 1. The quantitative estimate of drug-likeness (QED) is 0.763. The van der Waals surface area contributed by atoms with Crippen molar-refractivity contribution >= 4 is 11.9 Å². The highest BCUT2D eigenvalue weighted by atomic mass is 19.3. The molecule has 2 aliphatic rings. The maximum absolute atomic E-state index is 14.4. The van der Waals surface area contributed by atoms with E-state index in [-0.39, 0.29) is 43.0 Å². The Morgan fingerprint density at radius 2 is 2.10 bits per heavy atom. The summed E-state index contributed by atoms with van der Waals surface area (Å²) in [5.41, 5.74) is 1.53. The average molecular weight is 399 g/mol. The number of nitriles is 1. The molecule has 0 saturated carbocycles. The number of fused-ring (bicyclic) bond motifs is 1. The molecule has 1 fully saturated rings. The summed E-state index contributed by atoms with van der Waals surface area (Å²) >= 11 is 0. The number of nitrogens with one attached hydrogen (secondary N) is 1. The number of β-amino-alcohol motifs (C(OH)–C–C–N with tert-alkyl or cyclic N) is 1. The van der Waals surface area contributed by atoms with Gasteiger partial charge < -0.3 is 15.3 Å². The minimum Gasteiger partial charge on any atom is -0.389 e. The predicted molar refractivity (Wildman–Crippen MR) is 100 cm³/mol. The number of nitrogens with zero attached hydrogens (tertiary/aromatic N) is 4. The Balaban J connectivity index is 1.73. The summed E-state index contributed by atoms with van der Waals surface area (Å²) in [5, 5.41) is 20.8. The van der Waals surface area contributed by atoms with Gasteiger partial charge in [0, 0.05) is 29.7 Å². The van der Waals surface area contributed by atoms with E-state index in [0.717, 1.165) is 0 Å². The molecule has 1 saturated heterocycles. The molecule has 1 aromatic carbocycles. The van der Waals surface area contributed by atoms with Crippen LogP contribution in [0.15, 0.2) is 24.3 Å². The van der Waals surface area contributed by atoms with Crippen LogP contribution in [0.2, 0.25) is 0 Å². The van der Waals surface area contributed by atoms with Crippen molar-refractivity contribution in [1.29, 1.82) is 5.26 Å². The zero-order chi connectivity index (χ0) is 20.8. The number of amides is 1. The number of aromatic nitrogens is 2. The van der Waals surface area contributed by atoms with Gasteiger partial charge >= 0.3 is 0 Å². The number of rotatable bonds is 4. The van der Waals surface area contributed by atoms with Crippen LogP contribution in [0.4, 0.5) is 14.7 Å². The monoisotopic (exact) mass is 399 g/mol. The molecular weight excluding hydrogens is 380 g/mol. The van der Waals surface area contributed by atoms with Crippen LogP contribution in [-0.4, -0.2) is 46.2 Å². The van der Waals surface area contributed by atoms with Gasteiger partial charge in [0.15, 0.2) is 0 Å². The molecule has 2 atom stereocenters. The maximum atomic E-state index is 14.4. The molecule has 0 bridgehead atoms. The van der Waals surface area contributed by atoms with Gasteiger partial charge in [0.25, 0.3) is 11.8 Å². The van der Waals surface area contributed by atoms with Crippen LogP contribution in [0.5, 0.6) is 0 Å². The highest BCUT2D eigenvalue weighted by Crippen LogP contribution is 2.44. The van der Waals surface area contributed by atoms with Gasteiger partial charge in [-0.15, -0.1) is 0 Å². The van der Waals surface area contributed by atoms with Crippen LogP contribution in [-0.2, 0) is 12.3 Å². The van der Waals surface area contributed by atoms with E-state index in [4.69, 9.17) is 5.26 Å². The van der Waals surface area contributed by atoms with E-state index in [1.54, 1.807) is 36.1 Å². The fourth-order valence-electron chi connectivity index (χ4n) is 3.63. The van der Waals surface area contributed by atoms with Crippen molar-refractivity contribution in [3.63, 3.8) is 0 Å². The standard InChI is InChI=1S/C20H19F2N5O2/c1-11-15(28)10-27(11)19-25-16(14-6-7-20(21,22)17(14)26-19)12-2-4-13(5-3-12)18(29)24-9-8-23/h2-5,11,15,28H,6-7,9-10H2,1H3,(H,24,29)/t11-,15+/m0/s1.